The van der Waals surface area contributed by atoms with E-state index in [1.807, 2.05) is 0 Å². The third-order valence-electron chi connectivity index (χ3n) is 4.54. The number of aryl methyl sites for hydroxylation is 1. The smallest absolute Gasteiger partial charge is 0.756 e. The van der Waals surface area contributed by atoms with Crippen LogP contribution in [0.1, 0.15) is 31.8 Å². The summed E-state index contributed by atoms with van der Waals surface area (Å²) >= 11 is 3.33. The van der Waals surface area contributed by atoms with Crippen LogP contribution in [0.2, 0.25) is 0 Å². The molecule has 4 rings (SSSR count). The monoisotopic (exact) mass is 485 g/mol. The van der Waals surface area contributed by atoms with Crippen molar-refractivity contribution in [3.8, 4) is 0 Å². The molecule has 5 atom stereocenters. The number of unbranched alkanes of at least 4 members (excludes halogenated alkanes) is 1. The molecule has 0 bridgehead atoms. The summed E-state index contributed by atoms with van der Waals surface area (Å²) in [6.07, 6.45) is -1.55. The predicted molar refractivity (Wildman–Crippen MR) is 94.4 cm³/mol. The van der Waals surface area contributed by atoms with E-state index in [9.17, 15) is 14.6 Å². The van der Waals surface area contributed by atoms with Crippen molar-refractivity contribution in [1.29, 1.82) is 0 Å². The molecule has 1 unspecified atom stereocenters. The Morgan fingerprint density at radius 3 is 2.89 bits per heavy atom. The molecule has 2 fully saturated rings. The summed E-state index contributed by atoms with van der Waals surface area (Å²) in [6, 6.07) is 0. The zero-order valence-electron chi connectivity index (χ0n) is 15.3. The molecule has 2 aromatic heterocycles. The Hall–Kier alpha value is -0.140. The number of anilines is 1. The summed E-state index contributed by atoms with van der Waals surface area (Å²) in [7, 11) is -4.46. The standard InChI is InChI=1S/C14H19BrN5O6P.Na/c1-2-3-4-7-17-11(16)8-12(18-7)20(14(15)19-8)13-9(21)10-6(25-13)5-24-27(22,23)26-10;/h6,9-10,13,21H,2-5H2,1H3,(H,22,23)(H2,16,17,18);/q;+1/p-1/t6-,9-,10-,13-;/m1./s1. The van der Waals surface area contributed by atoms with Crippen molar-refractivity contribution in [3.05, 3.63) is 10.6 Å². The number of aliphatic hydroxyl groups is 1. The number of halogens is 1. The van der Waals surface area contributed by atoms with E-state index >= 15 is 0 Å². The first-order valence-corrected chi connectivity index (χ1v) is 10.7. The summed E-state index contributed by atoms with van der Waals surface area (Å²) in [4.78, 5) is 24.7. The molecular formula is C14H18BrN5NaO6P. The molecule has 11 nitrogen and oxygen atoms in total. The van der Waals surface area contributed by atoms with Gasteiger partial charge in [-0.2, -0.15) is 0 Å². The Balaban J connectivity index is 0.00000225. The number of phosphoric ester groups is 1. The average Bonchev–Trinajstić information content (AvgIpc) is 3.09. The van der Waals surface area contributed by atoms with E-state index in [1.165, 1.54) is 4.57 Å². The van der Waals surface area contributed by atoms with Crippen LogP contribution in [0.5, 0.6) is 0 Å². The number of phosphoric acid groups is 1. The van der Waals surface area contributed by atoms with Crippen molar-refractivity contribution in [2.24, 2.45) is 0 Å². The normalized spacial score (nSPS) is 32.3. The molecule has 0 aromatic carbocycles. The van der Waals surface area contributed by atoms with E-state index in [0.717, 1.165) is 12.8 Å². The number of rotatable bonds is 4. The molecule has 2 aliphatic heterocycles. The molecule has 3 N–H and O–H groups in total. The van der Waals surface area contributed by atoms with Gasteiger partial charge in [-0.25, -0.2) is 15.0 Å². The van der Waals surface area contributed by atoms with Gasteiger partial charge in [-0.1, -0.05) is 13.3 Å². The van der Waals surface area contributed by atoms with Gasteiger partial charge in [0.15, 0.2) is 27.9 Å². The summed E-state index contributed by atoms with van der Waals surface area (Å²) in [5.74, 6) is 0.781. The van der Waals surface area contributed by atoms with Gasteiger partial charge in [0.2, 0.25) is 0 Å². The van der Waals surface area contributed by atoms with Crippen LogP contribution in [-0.2, 0) is 24.8 Å². The molecular weight excluding hydrogens is 468 g/mol. The average molecular weight is 486 g/mol. The SMILES string of the molecule is CCCCc1nc(N)c2nc(Br)n([C@@H]3O[C@@H]4COP(=O)([O-])O[C@H]4[C@H]3O)c2n1.[Na+]. The number of nitrogens with zero attached hydrogens (tertiary/aromatic N) is 4. The van der Waals surface area contributed by atoms with E-state index in [1.54, 1.807) is 0 Å². The second-order valence-corrected chi connectivity index (χ2v) is 8.49. The van der Waals surface area contributed by atoms with Crippen molar-refractivity contribution in [3.63, 3.8) is 0 Å². The third-order valence-corrected chi connectivity index (χ3v) is 6.06. The first-order chi connectivity index (χ1) is 12.8. The first-order valence-electron chi connectivity index (χ1n) is 8.48. The largest absolute Gasteiger partial charge is 1.00 e. The minimum Gasteiger partial charge on any atom is -0.756 e. The van der Waals surface area contributed by atoms with Gasteiger partial charge in [0.05, 0.1) is 6.61 Å². The topological polar surface area (TPSA) is 158 Å². The predicted octanol–water partition coefficient (Wildman–Crippen LogP) is -2.34. The molecule has 0 radical (unpaired) electrons. The second kappa shape index (κ2) is 8.54. The molecule has 0 amide bonds. The Labute approximate surface area is 191 Å². The van der Waals surface area contributed by atoms with Gasteiger partial charge >= 0.3 is 29.6 Å². The fourth-order valence-electron chi connectivity index (χ4n) is 3.23. The maximum atomic E-state index is 11.6. The molecule has 28 heavy (non-hydrogen) atoms. The van der Waals surface area contributed by atoms with E-state index in [-0.39, 0.29) is 42.0 Å². The first kappa shape index (κ1) is 22.5. The number of aromatic nitrogens is 4. The van der Waals surface area contributed by atoms with E-state index in [4.69, 9.17) is 15.0 Å². The number of imidazole rings is 1. The molecule has 0 saturated carbocycles. The number of hydrogen-bond acceptors (Lipinski definition) is 10. The van der Waals surface area contributed by atoms with Crippen LogP contribution >= 0.6 is 23.8 Å². The van der Waals surface area contributed by atoms with Crippen molar-refractivity contribution in [2.45, 2.75) is 50.7 Å². The Morgan fingerprint density at radius 1 is 1.43 bits per heavy atom. The van der Waals surface area contributed by atoms with Crippen LogP contribution in [0.25, 0.3) is 11.2 Å². The van der Waals surface area contributed by atoms with Gasteiger partial charge in [0.25, 0.3) is 7.82 Å². The van der Waals surface area contributed by atoms with Crippen molar-refractivity contribution in [1.82, 2.24) is 19.5 Å². The maximum absolute atomic E-state index is 11.6. The Morgan fingerprint density at radius 2 is 2.18 bits per heavy atom. The summed E-state index contributed by atoms with van der Waals surface area (Å²) in [5.41, 5.74) is 6.77. The number of fused-ring (bicyclic) bond motifs is 2. The fraction of sp³-hybridized carbons (Fsp3) is 0.643. The maximum Gasteiger partial charge on any atom is 1.00 e. The van der Waals surface area contributed by atoms with E-state index in [2.05, 4.69) is 42.3 Å². The van der Waals surface area contributed by atoms with Gasteiger partial charge in [-0.05, 0) is 22.4 Å². The van der Waals surface area contributed by atoms with Gasteiger partial charge in [-0.3, -0.25) is 9.13 Å². The van der Waals surface area contributed by atoms with Gasteiger partial charge in [-0.15, -0.1) is 0 Å². The molecule has 4 heterocycles. The number of hydrogen-bond donors (Lipinski definition) is 2. The van der Waals surface area contributed by atoms with Crippen LogP contribution in [0.4, 0.5) is 5.82 Å². The van der Waals surface area contributed by atoms with Crippen molar-refractivity contribution >= 4 is 40.7 Å². The number of nitrogens with two attached hydrogens (primary N) is 1. The van der Waals surface area contributed by atoms with Gasteiger partial charge in [0.1, 0.15) is 24.1 Å². The Bertz CT molecular complexity index is 931. The number of nitrogen functional groups attached to an aromatic ring is 1. The molecule has 0 aliphatic carbocycles. The summed E-state index contributed by atoms with van der Waals surface area (Å²) in [5, 5.41) is 10.6. The molecule has 2 saturated heterocycles. The third kappa shape index (κ3) is 4.04. The fourth-order valence-corrected chi connectivity index (χ4v) is 4.73. The zero-order valence-corrected chi connectivity index (χ0v) is 19.8. The Kier molecular flexibility index (Phi) is 6.88. The summed E-state index contributed by atoms with van der Waals surface area (Å²) < 4.78 is 28.7. The van der Waals surface area contributed by atoms with Gasteiger partial charge in [0, 0.05) is 6.42 Å². The van der Waals surface area contributed by atoms with Crippen LogP contribution in [-0.4, -0.2) is 49.5 Å². The molecule has 2 aromatic rings. The van der Waals surface area contributed by atoms with Crippen LogP contribution < -0.4 is 40.2 Å². The van der Waals surface area contributed by atoms with Crippen LogP contribution in [0.15, 0.2) is 4.73 Å². The number of ether oxygens (including phenoxy) is 1. The summed E-state index contributed by atoms with van der Waals surface area (Å²) in [6.45, 7) is 1.83. The van der Waals surface area contributed by atoms with Crippen molar-refractivity contribution in [2.75, 3.05) is 12.3 Å². The molecule has 2 aliphatic rings. The van der Waals surface area contributed by atoms with Crippen LogP contribution in [0.3, 0.4) is 0 Å². The van der Waals surface area contributed by atoms with Crippen LogP contribution in [0, 0.1) is 0 Å². The molecule has 148 valence electrons. The van der Waals surface area contributed by atoms with Gasteiger partial charge < -0.3 is 29.5 Å². The van der Waals surface area contributed by atoms with Crippen molar-refractivity contribution < 1.29 is 57.9 Å². The minimum atomic E-state index is -4.46. The zero-order chi connectivity index (χ0) is 19.3. The molecule has 0 spiro atoms. The minimum absolute atomic E-state index is 0. The second-order valence-electron chi connectivity index (χ2n) is 6.42. The number of aliphatic hydroxyl groups excluding tert-OH is 1. The van der Waals surface area contributed by atoms with E-state index < -0.39 is 32.4 Å². The van der Waals surface area contributed by atoms with E-state index in [0.29, 0.717) is 28.1 Å². The quantitative estimate of drug-likeness (QED) is 0.273. The molecule has 14 heteroatoms.